The second-order valence-corrected chi connectivity index (χ2v) is 10.9. The predicted octanol–water partition coefficient (Wildman–Crippen LogP) is -17.3. The van der Waals surface area contributed by atoms with Gasteiger partial charge in [0.1, 0.15) is 0 Å². The summed E-state index contributed by atoms with van der Waals surface area (Å²) < 4.78 is 0. The number of carbonyl (C=O) groups excluding carboxylic acids is 4. The van der Waals surface area contributed by atoms with E-state index in [9.17, 15) is 80.5 Å². The molecule has 0 aliphatic heterocycles. The summed E-state index contributed by atoms with van der Waals surface area (Å²) in [7, 11) is 0. The van der Waals surface area contributed by atoms with Crippen molar-refractivity contribution < 1.29 is 158 Å². The molecule has 0 amide bonds. The minimum Gasteiger partial charge on any atom is -0.854 e. The number of carbonyl (C=O) groups is 4. The third kappa shape index (κ3) is 17.6. The van der Waals surface area contributed by atoms with Crippen molar-refractivity contribution in [3.63, 3.8) is 0 Å². The van der Waals surface area contributed by atoms with Crippen LogP contribution < -0.4 is 82.5 Å². The molecule has 2 rings (SSSR count). The van der Waals surface area contributed by atoms with Crippen LogP contribution in [0.5, 0.6) is 0 Å². The SMILES string of the molecule is O=C([O-])CC[C@H]1[C@@H]([O-])[C@@H](NCC(=O)[O-])[C@@H]([O-])[C@@H](NCC[O-])[C@H]1[O-].O=C([O-])CN[C@@H]1C([O-])[C@H](NCC(=O)[O-])[C@H]([O-])C(CCC[O-])[C@@H]1[O-].[Hf+4].[Hf+4].[Hf+4]. The number of hydrogen-bond acceptors (Lipinski definition) is 20. The Labute approximate surface area is 338 Å². The molecule has 2 fully saturated rings. The van der Waals surface area contributed by atoms with E-state index in [2.05, 4.69) is 21.3 Å². The van der Waals surface area contributed by atoms with Crippen LogP contribution in [0.4, 0.5) is 0 Å². The van der Waals surface area contributed by atoms with E-state index in [-0.39, 0.29) is 103 Å². The molecular weight excluding hydrogens is 1160 g/mol. The van der Waals surface area contributed by atoms with Crippen LogP contribution in [0.1, 0.15) is 25.7 Å². The van der Waals surface area contributed by atoms with Gasteiger partial charge in [-0.25, -0.2) is 0 Å². The first-order valence-electron chi connectivity index (χ1n) is 14.4. The number of nitrogens with one attached hydrogen (secondary N) is 4. The molecular formula is C26H36Hf3N4O16. The molecule has 49 heavy (non-hydrogen) atoms. The van der Waals surface area contributed by atoms with Gasteiger partial charge >= 0.3 is 77.5 Å². The van der Waals surface area contributed by atoms with Crippen molar-refractivity contribution >= 4 is 23.9 Å². The molecule has 20 nitrogen and oxygen atoms in total. The normalized spacial score (nSPS) is 32.2. The Morgan fingerprint density at radius 1 is 0.449 bits per heavy atom. The molecule has 2 aliphatic rings. The van der Waals surface area contributed by atoms with E-state index in [1.54, 1.807) is 0 Å². The molecule has 23 heteroatoms. The predicted molar refractivity (Wildman–Crippen MR) is 125 cm³/mol. The van der Waals surface area contributed by atoms with Crippen molar-refractivity contribution in [1.29, 1.82) is 0 Å². The standard InChI is InChI=1S/2C13H20N2O8.3Hf/c16-4-3-14-9-11(21)6(1-2-7(17)18)12(22)10(13(9)23)15-5-8(19)20;16-3-1-2-6-11(21)9(14-4-7(17)18)13(23)10(12(6)22)15-5-8(19)20;;;/h2*6,9-15H,1-5H2,(H,17,18)(H,19,20);;;/q2*-4;3*+4/p-4/t6-,9+,10-,11+,12-,13+;6?,9-,10+,11-,12+,13?;;;/m1..../s1. The fraction of sp³-hybridized carbons (Fsp3) is 0.846. The summed E-state index contributed by atoms with van der Waals surface area (Å²) in [6.07, 6.45) is -11.2. The summed E-state index contributed by atoms with van der Waals surface area (Å²) in [5.41, 5.74) is 0. The van der Waals surface area contributed by atoms with Crippen molar-refractivity contribution in [3.05, 3.63) is 0 Å². The van der Waals surface area contributed by atoms with E-state index in [1.807, 2.05) is 0 Å². The topological polar surface area (TPSA) is 393 Å². The van der Waals surface area contributed by atoms with Crippen molar-refractivity contribution in [2.24, 2.45) is 11.8 Å². The zero-order valence-corrected chi connectivity index (χ0v) is 36.8. The zero-order valence-electron chi connectivity index (χ0n) is 26.0. The van der Waals surface area contributed by atoms with Gasteiger partial charge in [0, 0.05) is 25.6 Å². The van der Waals surface area contributed by atoms with E-state index < -0.39 is 136 Å². The number of carboxylic acid groups (broad SMARTS) is 4. The van der Waals surface area contributed by atoms with Crippen LogP contribution in [0, 0.1) is 11.8 Å². The molecule has 2 unspecified atom stereocenters. The third-order valence-electron chi connectivity index (χ3n) is 7.81. The Morgan fingerprint density at radius 2 is 0.776 bits per heavy atom. The van der Waals surface area contributed by atoms with Crippen LogP contribution in [0.15, 0.2) is 0 Å². The summed E-state index contributed by atoms with van der Waals surface area (Å²) in [6, 6.07) is -5.46. The molecule has 2 saturated carbocycles. The second kappa shape index (κ2) is 27.6. The average molecular weight is 1200 g/mol. The third-order valence-corrected chi connectivity index (χ3v) is 7.81. The Morgan fingerprint density at radius 3 is 1.06 bits per heavy atom. The maximum Gasteiger partial charge on any atom is 4.00 e. The minimum atomic E-state index is -1.83. The van der Waals surface area contributed by atoms with Crippen molar-refractivity contribution in [3.8, 4) is 0 Å². The first-order chi connectivity index (χ1) is 21.6. The Hall–Kier alpha value is 0.0104. The largest absolute Gasteiger partial charge is 4.00 e. The molecule has 2 aliphatic carbocycles. The van der Waals surface area contributed by atoms with Crippen LogP contribution in [0.2, 0.25) is 0 Å². The van der Waals surface area contributed by atoms with Crippen molar-refractivity contribution in [2.75, 3.05) is 39.4 Å². The number of rotatable bonds is 18. The van der Waals surface area contributed by atoms with E-state index in [0.717, 1.165) is 0 Å². The van der Waals surface area contributed by atoms with E-state index in [1.165, 1.54) is 0 Å². The van der Waals surface area contributed by atoms with Gasteiger partial charge < -0.3 is 102 Å². The van der Waals surface area contributed by atoms with Crippen LogP contribution in [0.25, 0.3) is 0 Å². The fourth-order valence-corrected chi connectivity index (χ4v) is 5.65. The first-order valence-corrected chi connectivity index (χ1v) is 14.4. The summed E-state index contributed by atoms with van der Waals surface area (Å²) in [6.45, 7) is -3.47. The van der Waals surface area contributed by atoms with Crippen LogP contribution in [0.3, 0.4) is 0 Å². The number of aliphatic carboxylic acids is 4. The molecule has 0 heterocycles. The first kappa shape index (κ1) is 53.4. The fourth-order valence-electron chi connectivity index (χ4n) is 5.65. The smallest absolute Gasteiger partial charge is 0.854 e. The van der Waals surface area contributed by atoms with Crippen LogP contribution in [-0.2, 0) is 96.7 Å². The molecule has 0 bridgehead atoms. The van der Waals surface area contributed by atoms with E-state index in [4.69, 9.17) is 0 Å². The maximum absolute atomic E-state index is 12.3. The van der Waals surface area contributed by atoms with Crippen LogP contribution >= 0.6 is 0 Å². The Kier molecular flexibility index (Phi) is 30.1. The molecule has 0 spiro atoms. The second-order valence-electron chi connectivity index (χ2n) is 10.9. The molecule has 12 atom stereocenters. The molecule has 0 radical (unpaired) electrons. The number of carboxylic acids is 4. The molecule has 0 aromatic rings. The average Bonchev–Trinajstić information content (AvgIpc) is 2.96. The van der Waals surface area contributed by atoms with Gasteiger partial charge in [0.25, 0.3) is 0 Å². The van der Waals surface area contributed by atoms with Gasteiger partial charge in [-0.2, -0.15) is 0 Å². The van der Waals surface area contributed by atoms with Crippen molar-refractivity contribution in [1.82, 2.24) is 21.3 Å². The van der Waals surface area contributed by atoms with Gasteiger partial charge in [-0.1, -0.05) is 36.9 Å². The molecule has 268 valence electrons. The van der Waals surface area contributed by atoms with Gasteiger partial charge in [-0.3, -0.25) is 0 Å². The zero-order chi connectivity index (χ0) is 35.1. The Bertz CT molecular complexity index is 841. The van der Waals surface area contributed by atoms with Gasteiger partial charge in [-0.15, -0.1) is 37.6 Å². The minimum absolute atomic E-state index is 0. The summed E-state index contributed by atoms with van der Waals surface area (Å²) in [5.74, 6) is -8.30. The van der Waals surface area contributed by atoms with Gasteiger partial charge in [0.2, 0.25) is 0 Å². The van der Waals surface area contributed by atoms with Gasteiger partial charge in [0.05, 0.1) is 17.9 Å². The van der Waals surface area contributed by atoms with E-state index >= 15 is 0 Å². The van der Waals surface area contributed by atoms with Gasteiger partial charge in [-0.05, 0) is 43.6 Å². The molecule has 0 saturated heterocycles. The van der Waals surface area contributed by atoms with Crippen molar-refractivity contribution in [2.45, 2.75) is 86.5 Å². The van der Waals surface area contributed by atoms with Gasteiger partial charge in [0.15, 0.2) is 0 Å². The quantitative estimate of drug-likeness (QED) is 0.0926. The maximum atomic E-state index is 12.3. The summed E-state index contributed by atoms with van der Waals surface area (Å²) >= 11 is 0. The van der Waals surface area contributed by atoms with E-state index in [0.29, 0.717) is 0 Å². The number of hydrogen-bond donors (Lipinski definition) is 4. The molecule has 0 aromatic carbocycles. The van der Waals surface area contributed by atoms with Crippen LogP contribution in [-0.4, -0.2) is 124 Å². The Balaban J connectivity index is -0.000000814. The molecule has 4 N–H and O–H groups in total. The summed E-state index contributed by atoms with van der Waals surface area (Å²) in [4.78, 5) is 42.0. The molecule has 0 aromatic heterocycles. The monoisotopic (exact) mass is 1200 g/mol. The summed E-state index contributed by atoms with van der Waals surface area (Å²) in [5, 5.41) is 146.